The van der Waals surface area contributed by atoms with E-state index >= 15 is 0 Å². The zero-order chi connectivity index (χ0) is 30.6. The number of hydrogen-bond acceptors (Lipinski definition) is 2. The molecule has 0 fully saturated rings. The first-order valence-electron chi connectivity index (χ1n) is 18.2. The second kappa shape index (κ2) is 11.9. The predicted octanol–water partition coefficient (Wildman–Crippen LogP) is 10.5. The van der Waals surface area contributed by atoms with E-state index in [-0.39, 0.29) is 6.10 Å². The molecule has 0 saturated carbocycles. The number of ether oxygens (including phenoxy) is 1. The maximum absolute atomic E-state index is 6.46. The number of hydrogen-bond donors (Lipinski definition) is 0. The molecule has 0 amide bonds. The standard InChI is InChI=1S/C44H47NO/c1-45-39(29-14-4-2-5-15-29)27-32(28-40(45)30-16-6-3-7-17-30)44-36-21-10-8-19-34(36)43(35-20-9-11-22-37(35)44)31-24-25-42-38(26-31)33-18-12-13-23-41(33)46-42/h2,4-5,8,11-12,14-16,18-19,22,24-27,37-40,42,44H,3,6-7,9-10,13,17,20-21,23,28H2,1H3. The van der Waals surface area contributed by atoms with Crippen molar-refractivity contribution in [2.75, 3.05) is 7.05 Å². The lowest BCUT2D eigenvalue weighted by Gasteiger charge is -2.47. The van der Waals surface area contributed by atoms with Gasteiger partial charge in [-0.05, 0) is 99.6 Å². The van der Waals surface area contributed by atoms with Gasteiger partial charge < -0.3 is 4.74 Å². The maximum Gasteiger partial charge on any atom is 0.127 e. The molecule has 0 bridgehead atoms. The Morgan fingerprint density at radius 1 is 0.739 bits per heavy atom. The van der Waals surface area contributed by atoms with Crippen LogP contribution in [0.25, 0.3) is 0 Å². The number of nitrogens with zero attached hydrogens (tertiary/aromatic N) is 1. The van der Waals surface area contributed by atoms with Gasteiger partial charge in [-0.2, -0.15) is 0 Å². The minimum absolute atomic E-state index is 0.154. The van der Waals surface area contributed by atoms with Crippen LogP contribution in [0.3, 0.4) is 0 Å². The second-order valence-electron chi connectivity index (χ2n) is 14.7. The lowest BCUT2D eigenvalue weighted by atomic mass is 9.61. The van der Waals surface area contributed by atoms with Gasteiger partial charge in [-0.15, -0.1) is 0 Å². The number of likely N-dealkylation sites (N-methyl/N-ethyl adjacent to an activating group) is 1. The average molecular weight is 606 g/mol. The summed E-state index contributed by atoms with van der Waals surface area (Å²) in [6, 6.07) is 12.1. The van der Waals surface area contributed by atoms with Crippen molar-refractivity contribution in [3.05, 3.63) is 153 Å². The molecule has 6 atom stereocenters. The zero-order valence-corrected chi connectivity index (χ0v) is 27.3. The van der Waals surface area contributed by atoms with E-state index in [1.54, 1.807) is 27.9 Å². The molecule has 1 aromatic rings. The Labute approximate surface area is 275 Å². The highest BCUT2D eigenvalue weighted by Gasteiger charge is 2.43. The summed E-state index contributed by atoms with van der Waals surface area (Å²) in [5.74, 6) is 2.45. The van der Waals surface area contributed by atoms with Crippen LogP contribution < -0.4 is 0 Å². The SMILES string of the molecule is CN1C(C2=CCCCC2)CC(C2C3=C(C=CCC3)C(C3=CC4C5=C(CCC=C5)OC4C=C3)=C3CCC=CC32)=CC1c1ccccc1. The molecule has 2 heterocycles. The molecule has 234 valence electrons. The van der Waals surface area contributed by atoms with Gasteiger partial charge in [0.05, 0.1) is 6.04 Å². The van der Waals surface area contributed by atoms with Crippen LogP contribution in [0.1, 0.15) is 82.2 Å². The first-order valence-corrected chi connectivity index (χ1v) is 18.2. The third-order valence-electron chi connectivity index (χ3n) is 12.2. The Hall–Kier alpha value is -3.62. The molecule has 2 aliphatic heterocycles. The van der Waals surface area contributed by atoms with Crippen molar-refractivity contribution in [3.63, 3.8) is 0 Å². The quantitative estimate of drug-likeness (QED) is 0.317. The summed E-state index contributed by atoms with van der Waals surface area (Å²) < 4.78 is 6.46. The third-order valence-corrected chi connectivity index (χ3v) is 12.2. The summed E-state index contributed by atoms with van der Waals surface area (Å²) >= 11 is 0. The van der Waals surface area contributed by atoms with Crippen LogP contribution in [0.15, 0.2) is 148 Å². The minimum Gasteiger partial charge on any atom is -0.489 e. The van der Waals surface area contributed by atoms with Gasteiger partial charge in [0.25, 0.3) is 0 Å². The highest BCUT2D eigenvalue weighted by molar-refractivity contribution is 5.67. The summed E-state index contributed by atoms with van der Waals surface area (Å²) in [7, 11) is 2.38. The van der Waals surface area contributed by atoms with Crippen LogP contribution >= 0.6 is 0 Å². The Morgan fingerprint density at radius 3 is 2.48 bits per heavy atom. The molecule has 2 heteroatoms. The summed E-state index contributed by atoms with van der Waals surface area (Å²) in [5, 5.41) is 0. The van der Waals surface area contributed by atoms with E-state index in [0.29, 0.717) is 29.8 Å². The normalized spacial score (nSPS) is 33.5. The van der Waals surface area contributed by atoms with E-state index in [1.165, 1.54) is 60.1 Å². The van der Waals surface area contributed by atoms with Crippen LogP contribution in [0.4, 0.5) is 0 Å². The van der Waals surface area contributed by atoms with Gasteiger partial charge >= 0.3 is 0 Å². The first-order chi connectivity index (χ1) is 22.7. The highest BCUT2D eigenvalue weighted by atomic mass is 16.5. The Balaban J connectivity index is 1.16. The van der Waals surface area contributed by atoms with Crippen molar-refractivity contribution in [2.24, 2.45) is 17.8 Å². The molecule has 0 saturated heterocycles. The Morgan fingerprint density at radius 2 is 1.59 bits per heavy atom. The van der Waals surface area contributed by atoms with Crippen LogP contribution in [0.2, 0.25) is 0 Å². The molecule has 0 spiro atoms. The number of rotatable bonds is 4. The van der Waals surface area contributed by atoms with E-state index in [0.717, 1.165) is 38.5 Å². The summed E-state index contributed by atoms with van der Waals surface area (Å²) in [6.45, 7) is 0. The van der Waals surface area contributed by atoms with Gasteiger partial charge in [0.15, 0.2) is 0 Å². The predicted molar refractivity (Wildman–Crippen MR) is 189 cm³/mol. The summed E-state index contributed by atoms with van der Waals surface area (Å²) in [4.78, 5) is 2.69. The molecule has 2 nitrogen and oxygen atoms in total. The van der Waals surface area contributed by atoms with Crippen LogP contribution in [-0.4, -0.2) is 24.1 Å². The number of fused-ring (bicyclic) bond motifs is 3. The van der Waals surface area contributed by atoms with Crippen LogP contribution in [0.5, 0.6) is 0 Å². The van der Waals surface area contributed by atoms with Crippen LogP contribution in [0, 0.1) is 17.8 Å². The topological polar surface area (TPSA) is 12.5 Å². The molecule has 9 rings (SSSR count). The van der Waals surface area contributed by atoms with Crippen molar-refractivity contribution in [2.45, 2.75) is 88.8 Å². The van der Waals surface area contributed by atoms with E-state index in [1.807, 2.05) is 0 Å². The van der Waals surface area contributed by atoms with Crippen molar-refractivity contribution in [3.8, 4) is 0 Å². The van der Waals surface area contributed by atoms with Gasteiger partial charge in [0.2, 0.25) is 0 Å². The highest BCUT2D eigenvalue weighted by Crippen LogP contribution is 2.54. The Bertz CT molecular complexity index is 1730. The fourth-order valence-electron chi connectivity index (χ4n) is 9.98. The maximum atomic E-state index is 6.46. The fraction of sp³-hybridized carbons (Fsp3) is 0.409. The molecular weight excluding hydrogens is 558 g/mol. The van der Waals surface area contributed by atoms with Gasteiger partial charge in [0, 0.05) is 35.8 Å². The van der Waals surface area contributed by atoms with E-state index in [9.17, 15) is 0 Å². The number of benzene rings is 1. The van der Waals surface area contributed by atoms with Crippen molar-refractivity contribution < 1.29 is 4.74 Å². The van der Waals surface area contributed by atoms with E-state index < -0.39 is 0 Å². The molecule has 6 aliphatic carbocycles. The third kappa shape index (κ3) is 4.79. The van der Waals surface area contributed by atoms with Gasteiger partial charge in [-0.1, -0.05) is 113 Å². The largest absolute Gasteiger partial charge is 0.489 e. The summed E-state index contributed by atoms with van der Waals surface area (Å²) in [6.07, 6.45) is 40.6. The average Bonchev–Trinajstić information content (AvgIpc) is 3.49. The minimum atomic E-state index is 0.154. The van der Waals surface area contributed by atoms with E-state index in [2.05, 4.69) is 109 Å². The van der Waals surface area contributed by atoms with Crippen molar-refractivity contribution in [1.82, 2.24) is 4.90 Å². The smallest absolute Gasteiger partial charge is 0.127 e. The lowest BCUT2D eigenvalue weighted by Crippen LogP contribution is -2.42. The molecule has 6 unspecified atom stereocenters. The molecule has 0 aromatic heterocycles. The van der Waals surface area contributed by atoms with Gasteiger partial charge in [-0.3, -0.25) is 4.90 Å². The van der Waals surface area contributed by atoms with E-state index in [4.69, 9.17) is 4.74 Å². The monoisotopic (exact) mass is 605 g/mol. The molecular formula is C44H47NO. The van der Waals surface area contributed by atoms with Crippen molar-refractivity contribution in [1.29, 1.82) is 0 Å². The number of allylic oxidation sites excluding steroid dienone is 14. The first kappa shape index (κ1) is 28.6. The summed E-state index contributed by atoms with van der Waals surface area (Å²) in [5.41, 5.74) is 14.1. The van der Waals surface area contributed by atoms with Crippen molar-refractivity contribution >= 4 is 0 Å². The van der Waals surface area contributed by atoms with Crippen LogP contribution in [-0.2, 0) is 4.74 Å². The fourth-order valence-corrected chi connectivity index (χ4v) is 9.98. The van der Waals surface area contributed by atoms with Gasteiger partial charge in [-0.25, -0.2) is 0 Å². The molecule has 8 aliphatic rings. The second-order valence-corrected chi connectivity index (χ2v) is 14.7. The lowest BCUT2D eigenvalue weighted by molar-refractivity contribution is 0.157. The Kier molecular flexibility index (Phi) is 7.38. The van der Waals surface area contributed by atoms with Gasteiger partial charge in [0.1, 0.15) is 11.9 Å². The molecule has 0 N–H and O–H groups in total. The molecule has 1 aromatic carbocycles. The zero-order valence-electron chi connectivity index (χ0n) is 27.3. The molecule has 0 radical (unpaired) electrons. The molecule has 46 heavy (non-hydrogen) atoms.